The number of aromatic nitrogens is 3. The van der Waals surface area contributed by atoms with E-state index in [2.05, 4.69) is 10.1 Å². The van der Waals surface area contributed by atoms with Crippen LogP contribution in [0.4, 0.5) is 0 Å². The van der Waals surface area contributed by atoms with E-state index in [1.165, 1.54) is 12.6 Å². The van der Waals surface area contributed by atoms with Gasteiger partial charge in [0.15, 0.2) is 0 Å². The van der Waals surface area contributed by atoms with E-state index < -0.39 is 5.97 Å². The number of aromatic carboxylic acids is 1. The quantitative estimate of drug-likeness (QED) is 0.851. The number of piperidine rings is 1. The summed E-state index contributed by atoms with van der Waals surface area (Å²) in [4.78, 5) is 30.1. The summed E-state index contributed by atoms with van der Waals surface area (Å²) in [5.74, 6) is -0.476. The van der Waals surface area contributed by atoms with Crippen LogP contribution >= 0.6 is 0 Å². The third-order valence-corrected chi connectivity index (χ3v) is 5.69. The molecule has 148 valence electrons. The Morgan fingerprint density at radius 2 is 1.96 bits per heavy atom. The minimum absolute atomic E-state index is 0.0253. The molecule has 8 nitrogen and oxygen atoms in total. The number of ether oxygens (including phenoxy) is 1. The van der Waals surface area contributed by atoms with Crippen molar-refractivity contribution in [3.63, 3.8) is 0 Å². The molecular formula is C20H24N4O4. The molecule has 0 unspecified atom stereocenters. The average molecular weight is 384 g/mol. The molecule has 1 N–H and O–H groups in total. The smallest absolute Gasteiger partial charge is 0.339 e. The number of carboxylic acids is 1. The molecule has 8 heteroatoms. The predicted octanol–water partition coefficient (Wildman–Crippen LogP) is 2.69. The van der Waals surface area contributed by atoms with Crippen molar-refractivity contribution in [2.45, 2.75) is 51.2 Å². The summed E-state index contributed by atoms with van der Waals surface area (Å²) in [5, 5.41) is 13.4. The van der Waals surface area contributed by atoms with Gasteiger partial charge in [-0.3, -0.25) is 9.48 Å². The van der Waals surface area contributed by atoms with Crippen LogP contribution in [0.1, 0.15) is 64.6 Å². The van der Waals surface area contributed by atoms with E-state index in [9.17, 15) is 14.7 Å². The summed E-state index contributed by atoms with van der Waals surface area (Å²) >= 11 is 0. The van der Waals surface area contributed by atoms with Crippen LogP contribution in [0.15, 0.2) is 24.5 Å². The Labute approximate surface area is 163 Å². The Morgan fingerprint density at radius 1 is 1.21 bits per heavy atom. The van der Waals surface area contributed by atoms with E-state index in [0.29, 0.717) is 30.2 Å². The molecule has 3 heterocycles. The van der Waals surface area contributed by atoms with Crippen LogP contribution in [0.5, 0.6) is 5.88 Å². The van der Waals surface area contributed by atoms with E-state index in [4.69, 9.17) is 4.74 Å². The van der Waals surface area contributed by atoms with E-state index in [1.807, 2.05) is 4.90 Å². The highest BCUT2D eigenvalue weighted by molar-refractivity contribution is 5.94. The van der Waals surface area contributed by atoms with Gasteiger partial charge in [0.05, 0.1) is 17.9 Å². The summed E-state index contributed by atoms with van der Waals surface area (Å²) in [5.41, 5.74) is 1.48. The Morgan fingerprint density at radius 3 is 2.57 bits per heavy atom. The van der Waals surface area contributed by atoms with Gasteiger partial charge in [0.25, 0.3) is 5.91 Å². The third-order valence-electron chi connectivity index (χ3n) is 5.69. The minimum Gasteiger partial charge on any atom is -0.478 e. The molecule has 1 amide bonds. The fourth-order valence-electron chi connectivity index (χ4n) is 3.76. The molecule has 1 aliphatic heterocycles. The number of carbonyl (C=O) groups excluding carboxylic acids is 1. The molecule has 0 radical (unpaired) electrons. The van der Waals surface area contributed by atoms with Crippen molar-refractivity contribution in [2.24, 2.45) is 0 Å². The zero-order valence-electron chi connectivity index (χ0n) is 15.9. The van der Waals surface area contributed by atoms with Gasteiger partial charge in [-0.1, -0.05) is 0 Å². The van der Waals surface area contributed by atoms with E-state index in [1.54, 1.807) is 29.9 Å². The van der Waals surface area contributed by atoms with Crippen molar-refractivity contribution in [1.82, 2.24) is 19.7 Å². The number of likely N-dealkylation sites (tertiary alicyclic amines) is 1. The second-order valence-corrected chi connectivity index (χ2v) is 7.47. The average Bonchev–Trinajstić information content (AvgIpc) is 3.06. The van der Waals surface area contributed by atoms with Crippen LogP contribution in [-0.4, -0.2) is 55.8 Å². The molecule has 0 atom stereocenters. The Hall–Kier alpha value is -2.90. The molecule has 0 aromatic carbocycles. The van der Waals surface area contributed by atoms with Gasteiger partial charge in [-0.15, -0.1) is 0 Å². The number of carboxylic acid groups (broad SMARTS) is 1. The Balaban J connectivity index is 1.39. The first-order chi connectivity index (χ1) is 13.5. The topological polar surface area (TPSA) is 97.6 Å². The molecular weight excluding hydrogens is 360 g/mol. The van der Waals surface area contributed by atoms with Crippen LogP contribution in [0.25, 0.3) is 0 Å². The predicted molar refractivity (Wildman–Crippen MR) is 101 cm³/mol. The van der Waals surface area contributed by atoms with Crippen molar-refractivity contribution < 1.29 is 19.4 Å². The lowest BCUT2D eigenvalue weighted by atomic mass is 9.96. The maximum Gasteiger partial charge on any atom is 0.339 e. The lowest BCUT2D eigenvalue weighted by molar-refractivity contribution is 0.0686. The molecule has 4 rings (SSSR count). The molecule has 1 aliphatic carbocycles. The third kappa shape index (κ3) is 3.58. The molecule has 1 saturated carbocycles. The number of hydrogen-bond acceptors (Lipinski definition) is 5. The largest absolute Gasteiger partial charge is 0.478 e. The van der Waals surface area contributed by atoms with Crippen molar-refractivity contribution in [2.75, 3.05) is 13.1 Å². The van der Waals surface area contributed by atoms with Crippen molar-refractivity contribution in [1.29, 1.82) is 0 Å². The van der Waals surface area contributed by atoms with E-state index >= 15 is 0 Å². The number of hydrogen-bond donors (Lipinski definition) is 1. The molecule has 2 aliphatic rings. The van der Waals surface area contributed by atoms with Crippen LogP contribution in [0, 0.1) is 6.92 Å². The van der Waals surface area contributed by atoms with Gasteiger partial charge in [-0.25, -0.2) is 9.78 Å². The van der Waals surface area contributed by atoms with Crippen LogP contribution in [0.3, 0.4) is 0 Å². The van der Waals surface area contributed by atoms with Gasteiger partial charge in [-0.2, -0.15) is 5.10 Å². The fourth-order valence-corrected chi connectivity index (χ4v) is 3.76. The zero-order valence-corrected chi connectivity index (χ0v) is 15.9. The van der Waals surface area contributed by atoms with Gasteiger partial charge < -0.3 is 14.7 Å². The first-order valence-corrected chi connectivity index (χ1v) is 9.72. The van der Waals surface area contributed by atoms with Gasteiger partial charge in [0.1, 0.15) is 11.7 Å². The van der Waals surface area contributed by atoms with Crippen LogP contribution in [-0.2, 0) is 0 Å². The standard InChI is InChI=1S/C20H24N4O4/c1-13-17(20(26)27)12-22-24(13)15-6-9-23(10-7-15)19(25)14-5-8-21-18(11-14)28-16-3-2-4-16/h5,8,11-12,15-16H,2-4,6-7,9-10H2,1H3,(H,26,27). The van der Waals surface area contributed by atoms with Crippen LogP contribution < -0.4 is 4.74 Å². The summed E-state index contributed by atoms with van der Waals surface area (Å²) < 4.78 is 7.58. The molecule has 0 bridgehead atoms. The van der Waals surface area contributed by atoms with E-state index in [-0.39, 0.29) is 23.6 Å². The highest BCUT2D eigenvalue weighted by Gasteiger charge is 2.27. The molecule has 0 spiro atoms. The summed E-state index contributed by atoms with van der Waals surface area (Å²) in [6.45, 7) is 2.98. The van der Waals surface area contributed by atoms with Crippen molar-refractivity contribution in [3.05, 3.63) is 41.3 Å². The molecule has 2 aromatic rings. The van der Waals surface area contributed by atoms with Gasteiger partial charge in [0, 0.05) is 30.9 Å². The number of nitrogens with zero attached hydrogens (tertiary/aromatic N) is 4. The summed E-state index contributed by atoms with van der Waals surface area (Å²) in [6, 6.07) is 3.55. The fraction of sp³-hybridized carbons (Fsp3) is 0.500. The molecule has 2 fully saturated rings. The number of pyridine rings is 1. The first-order valence-electron chi connectivity index (χ1n) is 9.72. The minimum atomic E-state index is -0.964. The first kappa shape index (κ1) is 18.5. The second kappa shape index (κ2) is 7.61. The lowest BCUT2D eigenvalue weighted by Crippen LogP contribution is -2.39. The normalized spacial score (nSPS) is 18.0. The highest BCUT2D eigenvalue weighted by atomic mass is 16.5. The molecule has 28 heavy (non-hydrogen) atoms. The number of amides is 1. The summed E-state index contributed by atoms with van der Waals surface area (Å²) in [6.07, 6.45) is 8.00. The van der Waals surface area contributed by atoms with E-state index in [0.717, 1.165) is 25.7 Å². The Kier molecular flexibility index (Phi) is 5.02. The Bertz CT molecular complexity index is 882. The van der Waals surface area contributed by atoms with Crippen molar-refractivity contribution in [3.8, 4) is 5.88 Å². The second-order valence-electron chi connectivity index (χ2n) is 7.47. The number of rotatable bonds is 5. The van der Waals surface area contributed by atoms with Gasteiger partial charge >= 0.3 is 5.97 Å². The SMILES string of the molecule is Cc1c(C(=O)O)cnn1C1CCN(C(=O)c2ccnc(OC3CCC3)c2)CC1. The van der Waals surface area contributed by atoms with Gasteiger partial charge in [0.2, 0.25) is 5.88 Å². The highest BCUT2D eigenvalue weighted by Crippen LogP contribution is 2.27. The maximum atomic E-state index is 12.9. The molecule has 2 aromatic heterocycles. The van der Waals surface area contributed by atoms with Gasteiger partial charge in [-0.05, 0) is 45.1 Å². The molecule has 1 saturated heterocycles. The summed E-state index contributed by atoms with van der Waals surface area (Å²) in [7, 11) is 0. The number of carbonyl (C=O) groups is 2. The van der Waals surface area contributed by atoms with Crippen LogP contribution in [0.2, 0.25) is 0 Å². The maximum absolute atomic E-state index is 12.9. The monoisotopic (exact) mass is 384 g/mol. The zero-order chi connectivity index (χ0) is 19.7. The van der Waals surface area contributed by atoms with Crippen molar-refractivity contribution >= 4 is 11.9 Å². The lowest BCUT2D eigenvalue weighted by Gasteiger charge is -2.32.